The average molecular weight is 395 g/mol. The van der Waals surface area contributed by atoms with Gasteiger partial charge in [0.2, 0.25) is 0 Å². The number of nitrogens with one attached hydrogen (secondary N) is 1. The van der Waals surface area contributed by atoms with Gasteiger partial charge in [0, 0.05) is 29.5 Å². The largest absolute Gasteiger partial charge is 0.326 e. The van der Waals surface area contributed by atoms with Gasteiger partial charge in [-0.3, -0.25) is 9.71 Å². The molecule has 0 unspecified atom stereocenters. The highest BCUT2D eigenvalue weighted by Gasteiger charge is 2.23. The van der Waals surface area contributed by atoms with Gasteiger partial charge in [-0.25, -0.2) is 12.8 Å². The lowest BCUT2D eigenvalue weighted by molar-refractivity contribution is 0.561. The molecule has 5 nitrogen and oxygen atoms in total. The molecule has 112 valence electrons. The Bertz CT molecular complexity index is 786. The summed E-state index contributed by atoms with van der Waals surface area (Å²) in [6.07, 6.45) is 2.82. The van der Waals surface area contributed by atoms with Gasteiger partial charge in [-0.2, -0.15) is 0 Å². The molecule has 9 heteroatoms. The van der Waals surface area contributed by atoms with Crippen molar-refractivity contribution in [2.45, 2.75) is 11.4 Å². The molecule has 1 aromatic carbocycles. The van der Waals surface area contributed by atoms with E-state index in [0.717, 1.165) is 6.07 Å². The number of sulfonamides is 1. The number of halogens is 3. The van der Waals surface area contributed by atoms with Gasteiger partial charge in [0.05, 0.1) is 10.2 Å². The molecule has 0 saturated heterocycles. The van der Waals surface area contributed by atoms with Crippen molar-refractivity contribution in [3.05, 3.63) is 51.5 Å². The fourth-order valence-corrected chi connectivity index (χ4v) is 3.63. The van der Waals surface area contributed by atoms with Gasteiger partial charge >= 0.3 is 0 Å². The molecule has 0 atom stereocenters. The van der Waals surface area contributed by atoms with Crippen molar-refractivity contribution in [1.82, 2.24) is 4.98 Å². The molecule has 0 bridgehead atoms. The van der Waals surface area contributed by atoms with Crippen molar-refractivity contribution in [3.8, 4) is 0 Å². The van der Waals surface area contributed by atoms with Gasteiger partial charge in [0.25, 0.3) is 10.0 Å². The Morgan fingerprint density at radius 1 is 1.43 bits per heavy atom. The maximum Gasteiger partial charge on any atom is 0.264 e. The van der Waals surface area contributed by atoms with Crippen LogP contribution < -0.4 is 10.5 Å². The summed E-state index contributed by atoms with van der Waals surface area (Å²) in [6, 6.07) is 3.76. The first-order valence-electron chi connectivity index (χ1n) is 5.65. The van der Waals surface area contributed by atoms with E-state index in [2.05, 4.69) is 25.6 Å². The lowest BCUT2D eigenvalue weighted by Crippen LogP contribution is -2.16. The minimum Gasteiger partial charge on any atom is -0.326 e. The minimum atomic E-state index is -4.14. The van der Waals surface area contributed by atoms with Crippen molar-refractivity contribution >= 4 is 43.2 Å². The van der Waals surface area contributed by atoms with Crippen molar-refractivity contribution in [1.29, 1.82) is 0 Å². The third-order valence-corrected chi connectivity index (χ3v) is 4.82. The molecule has 0 spiro atoms. The van der Waals surface area contributed by atoms with Crippen LogP contribution in [0.3, 0.4) is 0 Å². The van der Waals surface area contributed by atoms with E-state index < -0.39 is 20.7 Å². The Morgan fingerprint density at radius 3 is 2.76 bits per heavy atom. The second-order valence-corrected chi connectivity index (χ2v) is 6.98. The number of benzene rings is 1. The van der Waals surface area contributed by atoms with Crippen LogP contribution in [0.4, 0.5) is 10.1 Å². The fourth-order valence-electron chi connectivity index (χ4n) is 1.62. The quantitative estimate of drug-likeness (QED) is 0.835. The monoisotopic (exact) mass is 393 g/mol. The van der Waals surface area contributed by atoms with Gasteiger partial charge in [0.15, 0.2) is 0 Å². The predicted octanol–water partition coefficient (Wildman–Crippen LogP) is 2.90. The summed E-state index contributed by atoms with van der Waals surface area (Å²) >= 11 is 8.96. The molecule has 0 aliphatic rings. The summed E-state index contributed by atoms with van der Waals surface area (Å²) in [5.74, 6) is -0.917. The standard InChI is InChI=1S/C12H10BrClFN3O2S/c13-9-6-17-2-1-10(9)18-21(19,20)11-4-8(14)3-7(5-16)12(11)15/h1-4,6H,5,16H2,(H,17,18). The van der Waals surface area contributed by atoms with Crippen LogP contribution in [0, 0.1) is 5.82 Å². The number of hydrogen-bond donors (Lipinski definition) is 2. The summed E-state index contributed by atoms with van der Waals surface area (Å²) in [5, 5.41) is 0.0889. The van der Waals surface area contributed by atoms with E-state index in [1.807, 2.05) is 0 Å². The van der Waals surface area contributed by atoms with Crippen LogP contribution in [0.25, 0.3) is 0 Å². The van der Waals surface area contributed by atoms with Gasteiger partial charge in [-0.05, 0) is 34.1 Å². The van der Waals surface area contributed by atoms with Crippen LogP contribution in [0.1, 0.15) is 5.56 Å². The van der Waals surface area contributed by atoms with Crippen molar-refractivity contribution in [2.24, 2.45) is 5.73 Å². The Balaban J connectivity index is 2.50. The minimum absolute atomic E-state index is 0.0247. The zero-order valence-corrected chi connectivity index (χ0v) is 13.6. The lowest BCUT2D eigenvalue weighted by atomic mass is 10.2. The molecule has 0 saturated carbocycles. The van der Waals surface area contributed by atoms with Gasteiger partial charge in [0.1, 0.15) is 10.7 Å². The summed E-state index contributed by atoms with van der Waals surface area (Å²) in [6.45, 7) is -0.159. The molecular formula is C12H10BrClFN3O2S. The smallest absolute Gasteiger partial charge is 0.264 e. The normalized spacial score (nSPS) is 11.4. The Morgan fingerprint density at radius 2 is 2.14 bits per heavy atom. The highest BCUT2D eigenvalue weighted by atomic mass is 79.9. The van der Waals surface area contributed by atoms with E-state index in [4.69, 9.17) is 17.3 Å². The highest BCUT2D eigenvalue weighted by Crippen LogP contribution is 2.27. The number of anilines is 1. The zero-order chi connectivity index (χ0) is 15.6. The lowest BCUT2D eigenvalue weighted by Gasteiger charge is -2.12. The average Bonchev–Trinajstić information content (AvgIpc) is 2.43. The number of aromatic nitrogens is 1. The van der Waals surface area contributed by atoms with Crippen LogP contribution in [0.2, 0.25) is 5.02 Å². The second-order valence-electron chi connectivity index (χ2n) is 4.04. The molecule has 0 aliphatic carbocycles. The summed E-state index contributed by atoms with van der Waals surface area (Å²) in [7, 11) is -4.14. The Labute approximate surface area is 134 Å². The second kappa shape index (κ2) is 6.27. The number of pyridine rings is 1. The van der Waals surface area contributed by atoms with Gasteiger partial charge in [-0.15, -0.1) is 0 Å². The maximum absolute atomic E-state index is 14.2. The fraction of sp³-hybridized carbons (Fsp3) is 0.0833. The van der Waals surface area contributed by atoms with E-state index in [0.29, 0.717) is 4.47 Å². The number of rotatable bonds is 4. The van der Waals surface area contributed by atoms with Crippen LogP contribution in [0.5, 0.6) is 0 Å². The first-order chi connectivity index (χ1) is 9.85. The van der Waals surface area contributed by atoms with Crippen LogP contribution in [0.15, 0.2) is 40.0 Å². The Hall–Kier alpha value is -1.22. The van der Waals surface area contributed by atoms with Crippen molar-refractivity contribution in [3.63, 3.8) is 0 Å². The van der Waals surface area contributed by atoms with E-state index >= 15 is 0 Å². The third-order valence-electron chi connectivity index (χ3n) is 2.61. The topological polar surface area (TPSA) is 85.1 Å². The third kappa shape index (κ3) is 3.52. The van der Waals surface area contributed by atoms with E-state index in [9.17, 15) is 12.8 Å². The van der Waals surface area contributed by atoms with Crippen molar-refractivity contribution in [2.75, 3.05) is 4.72 Å². The first-order valence-corrected chi connectivity index (χ1v) is 8.31. The Kier molecular flexibility index (Phi) is 4.82. The summed E-state index contributed by atoms with van der Waals surface area (Å²) in [4.78, 5) is 3.26. The van der Waals surface area contributed by atoms with Crippen LogP contribution in [-0.4, -0.2) is 13.4 Å². The molecule has 3 N–H and O–H groups in total. The van der Waals surface area contributed by atoms with Crippen molar-refractivity contribution < 1.29 is 12.8 Å². The molecule has 2 rings (SSSR count). The number of nitrogens with two attached hydrogens (primary N) is 1. The maximum atomic E-state index is 14.2. The van der Waals surface area contributed by atoms with E-state index in [1.165, 1.54) is 24.5 Å². The SMILES string of the molecule is NCc1cc(Cl)cc(S(=O)(=O)Nc2ccncc2Br)c1F. The zero-order valence-electron chi connectivity index (χ0n) is 10.5. The molecule has 0 amide bonds. The summed E-state index contributed by atoms with van der Waals surface area (Å²) < 4.78 is 41.5. The summed E-state index contributed by atoms with van der Waals surface area (Å²) in [5.41, 5.74) is 5.64. The molecule has 1 aromatic heterocycles. The van der Waals surface area contributed by atoms with Gasteiger partial charge < -0.3 is 5.73 Å². The van der Waals surface area contributed by atoms with Crippen LogP contribution in [-0.2, 0) is 16.6 Å². The molecule has 21 heavy (non-hydrogen) atoms. The van der Waals surface area contributed by atoms with E-state index in [-0.39, 0.29) is 22.8 Å². The molecule has 0 aliphatic heterocycles. The molecule has 1 heterocycles. The number of nitrogens with zero attached hydrogens (tertiary/aromatic N) is 1. The van der Waals surface area contributed by atoms with Gasteiger partial charge in [-0.1, -0.05) is 11.6 Å². The van der Waals surface area contributed by atoms with Crippen LogP contribution >= 0.6 is 27.5 Å². The number of hydrogen-bond acceptors (Lipinski definition) is 4. The highest BCUT2D eigenvalue weighted by molar-refractivity contribution is 9.10. The first kappa shape index (κ1) is 16.2. The molecular weight excluding hydrogens is 385 g/mol. The molecule has 0 fully saturated rings. The predicted molar refractivity (Wildman–Crippen MR) is 82.0 cm³/mol. The van der Waals surface area contributed by atoms with E-state index in [1.54, 1.807) is 0 Å². The molecule has 0 radical (unpaired) electrons. The molecule has 2 aromatic rings.